The number of fused-ring (bicyclic) bond motifs is 1. The maximum Gasteiger partial charge on any atom is 0.185 e. The van der Waals surface area contributed by atoms with Gasteiger partial charge in [0.15, 0.2) is 17.3 Å². The van der Waals surface area contributed by atoms with Crippen LogP contribution < -0.4 is 0 Å². The van der Waals surface area contributed by atoms with Crippen molar-refractivity contribution in [1.29, 1.82) is 0 Å². The van der Waals surface area contributed by atoms with Crippen LogP contribution in [0.25, 0.3) is 34.5 Å². The number of aromatic nitrogens is 4. The Labute approximate surface area is 137 Å². The third-order valence-electron chi connectivity index (χ3n) is 3.70. The highest BCUT2D eigenvalue weighted by Gasteiger charge is 2.15. The summed E-state index contributed by atoms with van der Waals surface area (Å²) < 4.78 is 15.7. The minimum atomic E-state index is -0.355. The highest BCUT2D eigenvalue weighted by molar-refractivity contribution is 5.65. The molecule has 4 aromatic rings. The monoisotopic (exact) mass is 316 g/mol. The summed E-state index contributed by atoms with van der Waals surface area (Å²) in [6, 6.07) is 17.9. The van der Waals surface area contributed by atoms with Crippen LogP contribution in [0.3, 0.4) is 0 Å². The van der Waals surface area contributed by atoms with Gasteiger partial charge >= 0.3 is 0 Å². The third kappa shape index (κ3) is 2.36. The van der Waals surface area contributed by atoms with E-state index in [1.54, 1.807) is 34.9 Å². The maximum atomic E-state index is 14.1. The summed E-state index contributed by atoms with van der Waals surface area (Å²) in [5, 5.41) is 4.46. The van der Waals surface area contributed by atoms with Gasteiger partial charge in [-0.15, -0.1) is 5.10 Å². The van der Waals surface area contributed by atoms with E-state index >= 15 is 0 Å². The zero-order valence-electron chi connectivity index (χ0n) is 12.7. The first-order chi connectivity index (χ1) is 11.8. The van der Waals surface area contributed by atoms with Crippen molar-refractivity contribution < 1.29 is 4.39 Å². The van der Waals surface area contributed by atoms with Gasteiger partial charge in [-0.3, -0.25) is 0 Å². The van der Waals surface area contributed by atoms with Crippen LogP contribution in [0.5, 0.6) is 0 Å². The van der Waals surface area contributed by atoms with Gasteiger partial charge in [0, 0.05) is 11.6 Å². The molecular formula is C19H13FN4. The fraction of sp³-hybridized carbons (Fsp3) is 0. The molecule has 0 radical (unpaired) electrons. The predicted octanol–water partition coefficient (Wildman–Crippen LogP) is 4.24. The molecule has 4 rings (SSSR count). The Kier molecular flexibility index (Phi) is 3.39. The van der Waals surface area contributed by atoms with Crippen LogP contribution in [0.15, 0.2) is 67.2 Å². The molecular weight excluding hydrogens is 303 g/mol. The fourth-order valence-corrected chi connectivity index (χ4v) is 2.54. The first-order valence-electron chi connectivity index (χ1n) is 7.47. The van der Waals surface area contributed by atoms with E-state index in [4.69, 9.17) is 0 Å². The van der Waals surface area contributed by atoms with Crippen LogP contribution in [0, 0.1) is 5.82 Å². The van der Waals surface area contributed by atoms with E-state index in [1.807, 2.05) is 30.3 Å². The molecule has 0 bridgehead atoms. The van der Waals surface area contributed by atoms with Gasteiger partial charge < -0.3 is 0 Å². The normalized spacial score (nSPS) is 10.9. The molecule has 4 nitrogen and oxygen atoms in total. The summed E-state index contributed by atoms with van der Waals surface area (Å²) in [4.78, 5) is 9.03. The Hall–Kier alpha value is -3.34. The number of rotatable bonds is 3. The molecule has 116 valence electrons. The van der Waals surface area contributed by atoms with Crippen molar-refractivity contribution in [1.82, 2.24) is 19.6 Å². The van der Waals surface area contributed by atoms with Crippen LogP contribution in [0.2, 0.25) is 0 Å². The molecule has 0 saturated heterocycles. The van der Waals surface area contributed by atoms with Gasteiger partial charge in [0.05, 0.1) is 11.3 Å². The molecule has 0 aliphatic rings. The third-order valence-corrected chi connectivity index (χ3v) is 3.70. The Morgan fingerprint density at radius 3 is 2.46 bits per heavy atom. The Balaban J connectivity index is 1.99. The minimum absolute atomic E-state index is 0.327. The average molecular weight is 316 g/mol. The Bertz CT molecular complexity index is 1040. The molecule has 2 aromatic carbocycles. The molecule has 0 unspecified atom stereocenters. The minimum Gasteiger partial charge on any atom is -0.228 e. The summed E-state index contributed by atoms with van der Waals surface area (Å²) in [5.41, 5.74) is 2.54. The SMILES string of the molecule is C=Cc1cc2nc(-c3ccccc3F)nn2c(-c2ccccc2)n1. The molecule has 0 aliphatic heterocycles. The summed E-state index contributed by atoms with van der Waals surface area (Å²) in [6.07, 6.45) is 1.66. The van der Waals surface area contributed by atoms with Crippen molar-refractivity contribution in [3.8, 4) is 22.8 Å². The first kappa shape index (κ1) is 14.3. The zero-order valence-corrected chi connectivity index (χ0v) is 12.7. The highest BCUT2D eigenvalue weighted by Crippen LogP contribution is 2.24. The molecule has 5 heteroatoms. The van der Waals surface area contributed by atoms with Crippen molar-refractivity contribution in [2.75, 3.05) is 0 Å². The zero-order chi connectivity index (χ0) is 16.5. The molecule has 0 atom stereocenters. The van der Waals surface area contributed by atoms with Crippen LogP contribution >= 0.6 is 0 Å². The van der Waals surface area contributed by atoms with Gasteiger partial charge in [0.1, 0.15) is 5.82 Å². The van der Waals surface area contributed by atoms with Crippen LogP contribution in [0.4, 0.5) is 4.39 Å². The van der Waals surface area contributed by atoms with E-state index in [2.05, 4.69) is 21.6 Å². The summed E-state index contributed by atoms with van der Waals surface area (Å²) >= 11 is 0. The summed E-state index contributed by atoms with van der Waals surface area (Å²) in [7, 11) is 0. The van der Waals surface area contributed by atoms with Crippen molar-refractivity contribution in [3.63, 3.8) is 0 Å². The lowest BCUT2D eigenvalue weighted by atomic mass is 10.2. The van der Waals surface area contributed by atoms with Gasteiger partial charge in [-0.25, -0.2) is 14.4 Å². The lowest BCUT2D eigenvalue weighted by Gasteiger charge is -2.04. The predicted molar refractivity (Wildman–Crippen MR) is 91.7 cm³/mol. The van der Waals surface area contributed by atoms with Gasteiger partial charge in [-0.1, -0.05) is 49.0 Å². The van der Waals surface area contributed by atoms with Crippen LogP contribution in [-0.4, -0.2) is 19.6 Å². The van der Waals surface area contributed by atoms with E-state index in [1.165, 1.54) is 6.07 Å². The highest BCUT2D eigenvalue weighted by atomic mass is 19.1. The molecule has 0 spiro atoms. The van der Waals surface area contributed by atoms with E-state index < -0.39 is 0 Å². The number of hydrogen-bond donors (Lipinski definition) is 0. The van der Waals surface area contributed by atoms with Gasteiger partial charge in [-0.2, -0.15) is 4.52 Å². The van der Waals surface area contributed by atoms with E-state index in [0.29, 0.717) is 28.6 Å². The summed E-state index contributed by atoms with van der Waals surface area (Å²) in [5.74, 6) is 0.609. The topological polar surface area (TPSA) is 43.1 Å². The van der Waals surface area contributed by atoms with Crippen LogP contribution in [0.1, 0.15) is 5.69 Å². The molecule has 2 heterocycles. The number of halogens is 1. The second-order valence-electron chi connectivity index (χ2n) is 5.26. The number of nitrogens with zero attached hydrogens (tertiary/aromatic N) is 4. The number of hydrogen-bond acceptors (Lipinski definition) is 3. The second-order valence-corrected chi connectivity index (χ2v) is 5.26. The Morgan fingerprint density at radius 1 is 0.958 bits per heavy atom. The van der Waals surface area contributed by atoms with E-state index in [0.717, 1.165) is 5.56 Å². The molecule has 0 saturated carbocycles. The standard InChI is InChI=1S/C19H13FN4/c1-2-14-12-17-22-18(15-10-6-7-11-16(15)20)23-24(17)19(21-14)13-8-4-3-5-9-13/h2-12H,1H2. The van der Waals surface area contributed by atoms with Gasteiger partial charge in [0.2, 0.25) is 0 Å². The van der Waals surface area contributed by atoms with Crippen molar-refractivity contribution >= 4 is 11.7 Å². The molecule has 2 aromatic heterocycles. The van der Waals surface area contributed by atoms with Crippen LogP contribution in [-0.2, 0) is 0 Å². The maximum absolute atomic E-state index is 14.1. The molecule has 24 heavy (non-hydrogen) atoms. The molecule has 0 N–H and O–H groups in total. The van der Waals surface area contributed by atoms with Crippen molar-refractivity contribution in [2.24, 2.45) is 0 Å². The average Bonchev–Trinajstić information content (AvgIpc) is 3.05. The fourth-order valence-electron chi connectivity index (χ4n) is 2.54. The van der Waals surface area contributed by atoms with Gasteiger partial charge in [0.25, 0.3) is 0 Å². The lowest BCUT2D eigenvalue weighted by Crippen LogP contribution is -1.99. The quantitative estimate of drug-likeness (QED) is 0.568. The van der Waals surface area contributed by atoms with Crippen molar-refractivity contribution in [3.05, 3.63) is 78.8 Å². The van der Waals surface area contributed by atoms with Crippen molar-refractivity contribution in [2.45, 2.75) is 0 Å². The molecule has 0 amide bonds. The van der Waals surface area contributed by atoms with Gasteiger partial charge in [-0.05, 0) is 18.2 Å². The first-order valence-corrected chi connectivity index (χ1v) is 7.47. The van der Waals surface area contributed by atoms with E-state index in [-0.39, 0.29) is 5.82 Å². The lowest BCUT2D eigenvalue weighted by molar-refractivity contribution is 0.630. The summed E-state index contributed by atoms with van der Waals surface area (Å²) in [6.45, 7) is 3.77. The molecule has 0 aliphatic carbocycles. The molecule has 0 fully saturated rings. The Morgan fingerprint density at radius 2 is 1.71 bits per heavy atom. The second kappa shape index (κ2) is 5.70. The number of benzene rings is 2. The van der Waals surface area contributed by atoms with E-state index in [9.17, 15) is 4.39 Å². The largest absolute Gasteiger partial charge is 0.228 e. The smallest absolute Gasteiger partial charge is 0.185 e.